The van der Waals surface area contributed by atoms with Crippen LogP contribution in [0, 0.1) is 17.0 Å². The van der Waals surface area contributed by atoms with Gasteiger partial charge in [0.1, 0.15) is 11.9 Å². The molecule has 13 heavy (non-hydrogen) atoms. The number of hydrogen-bond acceptors (Lipinski definition) is 4. The van der Waals surface area contributed by atoms with Gasteiger partial charge in [0, 0.05) is 0 Å². The van der Waals surface area contributed by atoms with Crippen LogP contribution in [0.2, 0.25) is 5.15 Å². The summed E-state index contributed by atoms with van der Waals surface area (Å²) in [5.74, 6) is 0. The Morgan fingerprint density at radius 2 is 2.31 bits per heavy atom. The Morgan fingerprint density at radius 1 is 1.77 bits per heavy atom. The number of halogens is 1. The van der Waals surface area contributed by atoms with E-state index in [-0.39, 0.29) is 16.5 Å². The molecule has 0 radical (unpaired) electrons. The molecule has 1 unspecified atom stereocenters. The Kier molecular flexibility index (Phi) is 2.53. The molecular weight excluding hydrogens is 198 g/mol. The van der Waals surface area contributed by atoms with Crippen LogP contribution in [0.4, 0.5) is 5.69 Å². The van der Waals surface area contributed by atoms with Crippen LogP contribution in [0.15, 0.2) is 0 Å². The lowest BCUT2D eigenvalue weighted by Crippen LogP contribution is -2.05. The molecule has 0 amide bonds. The first-order chi connectivity index (χ1) is 5.95. The number of nitro groups is 1. The molecule has 1 heterocycles. The summed E-state index contributed by atoms with van der Waals surface area (Å²) >= 11 is 5.62. The molecule has 0 spiro atoms. The van der Waals surface area contributed by atoms with Crippen molar-refractivity contribution in [1.82, 2.24) is 9.78 Å². The van der Waals surface area contributed by atoms with Crippen molar-refractivity contribution in [1.29, 1.82) is 0 Å². The largest absolute Gasteiger partial charge is 0.372 e. The van der Waals surface area contributed by atoms with E-state index >= 15 is 0 Å². The molecule has 6 nitrogen and oxygen atoms in total. The van der Waals surface area contributed by atoms with Crippen molar-refractivity contribution >= 4 is 17.3 Å². The van der Waals surface area contributed by atoms with Crippen LogP contribution in [0.3, 0.4) is 0 Å². The summed E-state index contributed by atoms with van der Waals surface area (Å²) in [6.45, 7) is 2.88. The highest BCUT2D eigenvalue weighted by Crippen LogP contribution is 2.29. The van der Waals surface area contributed by atoms with E-state index in [9.17, 15) is 10.1 Å². The number of aliphatic hydroxyl groups excluding tert-OH is 1. The van der Waals surface area contributed by atoms with Crippen LogP contribution in [-0.2, 0) is 0 Å². The molecular formula is C6H8ClN3O3. The van der Waals surface area contributed by atoms with Crippen LogP contribution in [-0.4, -0.2) is 19.8 Å². The zero-order chi connectivity index (χ0) is 10.2. The van der Waals surface area contributed by atoms with Gasteiger partial charge in [-0.15, -0.1) is 0 Å². The van der Waals surface area contributed by atoms with Gasteiger partial charge < -0.3 is 5.11 Å². The lowest BCUT2D eigenvalue weighted by molar-refractivity contribution is -0.385. The van der Waals surface area contributed by atoms with E-state index < -0.39 is 11.2 Å². The standard InChI is InChI=1S/C6H8ClN3O3/c1-3-5(10(12)13)6(7)9(8-3)4(2)11/h4,11H,1-2H3. The molecule has 1 N–H and O–H groups in total. The predicted molar refractivity (Wildman–Crippen MR) is 45.6 cm³/mol. The third kappa shape index (κ3) is 1.63. The summed E-state index contributed by atoms with van der Waals surface area (Å²) in [7, 11) is 0. The number of aryl methyl sites for hydroxylation is 1. The van der Waals surface area contributed by atoms with Gasteiger partial charge in [-0.1, -0.05) is 11.6 Å². The van der Waals surface area contributed by atoms with Crippen molar-refractivity contribution in [2.75, 3.05) is 0 Å². The monoisotopic (exact) mass is 205 g/mol. The predicted octanol–water partition coefficient (Wildman–Crippen LogP) is 1.26. The number of nitrogens with zero attached hydrogens (tertiary/aromatic N) is 3. The second-order valence-corrected chi connectivity index (χ2v) is 2.92. The molecule has 0 saturated heterocycles. The van der Waals surface area contributed by atoms with E-state index in [0.29, 0.717) is 0 Å². The SMILES string of the molecule is Cc1nn(C(C)O)c(Cl)c1[N+](=O)[O-]. The van der Waals surface area contributed by atoms with Crippen LogP contribution in [0.25, 0.3) is 0 Å². The summed E-state index contributed by atoms with van der Waals surface area (Å²) in [6.07, 6.45) is -0.972. The fraction of sp³-hybridized carbons (Fsp3) is 0.500. The maximum absolute atomic E-state index is 10.5. The third-order valence-corrected chi connectivity index (χ3v) is 1.89. The van der Waals surface area contributed by atoms with Crippen molar-refractivity contribution in [3.63, 3.8) is 0 Å². The number of aliphatic hydroxyl groups is 1. The molecule has 0 aliphatic heterocycles. The highest BCUT2D eigenvalue weighted by atomic mass is 35.5. The van der Waals surface area contributed by atoms with Gasteiger partial charge in [0.05, 0.1) is 4.92 Å². The molecule has 0 aliphatic rings. The molecule has 1 atom stereocenters. The highest BCUT2D eigenvalue weighted by molar-refractivity contribution is 6.31. The van der Waals surface area contributed by atoms with Gasteiger partial charge in [-0.2, -0.15) is 5.10 Å². The Labute approximate surface area is 78.9 Å². The van der Waals surface area contributed by atoms with Gasteiger partial charge in [-0.05, 0) is 13.8 Å². The summed E-state index contributed by atoms with van der Waals surface area (Å²) in [5, 5.41) is 23.2. The molecule has 72 valence electrons. The lowest BCUT2D eigenvalue weighted by atomic mass is 10.4. The molecule has 0 aliphatic carbocycles. The minimum absolute atomic E-state index is 0.155. The Hall–Kier alpha value is -1.14. The number of hydrogen-bond donors (Lipinski definition) is 1. The van der Waals surface area contributed by atoms with Crippen LogP contribution in [0.5, 0.6) is 0 Å². The maximum atomic E-state index is 10.5. The summed E-state index contributed by atoms with van der Waals surface area (Å²) in [5.41, 5.74) is -0.0709. The van der Waals surface area contributed by atoms with Gasteiger partial charge in [0.2, 0.25) is 5.15 Å². The average Bonchev–Trinajstić information content (AvgIpc) is 2.26. The van der Waals surface area contributed by atoms with Crippen molar-refractivity contribution < 1.29 is 10.0 Å². The first-order valence-corrected chi connectivity index (χ1v) is 3.90. The fourth-order valence-corrected chi connectivity index (χ4v) is 1.35. The van der Waals surface area contributed by atoms with Crippen LogP contribution < -0.4 is 0 Å². The van der Waals surface area contributed by atoms with E-state index in [1.165, 1.54) is 13.8 Å². The van der Waals surface area contributed by atoms with E-state index in [4.69, 9.17) is 16.7 Å². The third-order valence-electron chi connectivity index (χ3n) is 1.53. The second kappa shape index (κ2) is 3.31. The number of aromatic nitrogens is 2. The quantitative estimate of drug-likeness (QED) is 0.582. The normalized spacial score (nSPS) is 12.9. The zero-order valence-electron chi connectivity index (χ0n) is 7.06. The van der Waals surface area contributed by atoms with Gasteiger partial charge >= 0.3 is 5.69 Å². The fourth-order valence-electron chi connectivity index (χ4n) is 0.966. The molecule has 1 aromatic rings. The van der Waals surface area contributed by atoms with Gasteiger partial charge in [-0.25, -0.2) is 4.68 Å². The maximum Gasteiger partial charge on any atom is 0.328 e. The van der Waals surface area contributed by atoms with Gasteiger partial charge in [-0.3, -0.25) is 10.1 Å². The molecule has 0 aromatic carbocycles. The van der Waals surface area contributed by atoms with E-state index in [0.717, 1.165) is 4.68 Å². The molecule has 0 saturated carbocycles. The lowest BCUT2D eigenvalue weighted by Gasteiger charge is -2.03. The van der Waals surface area contributed by atoms with Gasteiger partial charge in [0.15, 0.2) is 0 Å². The molecule has 0 fully saturated rings. The second-order valence-electron chi connectivity index (χ2n) is 2.56. The molecule has 0 bridgehead atoms. The Bertz CT molecular complexity index is 347. The average molecular weight is 206 g/mol. The van der Waals surface area contributed by atoms with E-state index in [1.807, 2.05) is 0 Å². The topological polar surface area (TPSA) is 81.2 Å². The van der Waals surface area contributed by atoms with E-state index in [1.54, 1.807) is 0 Å². The molecule has 1 rings (SSSR count). The van der Waals surface area contributed by atoms with Crippen molar-refractivity contribution in [2.45, 2.75) is 20.1 Å². The minimum atomic E-state index is -0.972. The van der Waals surface area contributed by atoms with Crippen molar-refractivity contribution in [3.05, 3.63) is 21.0 Å². The van der Waals surface area contributed by atoms with Crippen LogP contribution >= 0.6 is 11.6 Å². The minimum Gasteiger partial charge on any atom is -0.372 e. The molecule has 7 heteroatoms. The Balaban J connectivity index is 3.30. The first kappa shape index (κ1) is 9.94. The van der Waals surface area contributed by atoms with Crippen LogP contribution in [0.1, 0.15) is 18.8 Å². The molecule has 1 aromatic heterocycles. The highest BCUT2D eigenvalue weighted by Gasteiger charge is 2.24. The summed E-state index contributed by atoms with van der Waals surface area (Å²) in [6, 6.07) is 0. The van der Waals surface area contributed by atoms with E-state index in [2.05, 4.69) is 5.10 Å². The van der Waals surface area contributed by atoms with Crippen molar-refractivity contribution in [2.24, 2.45) is 0 Å². The smallest absolute Gasteiger partial charge is 0.328 e. The first-order valence-electron chi connectivity index (χ1n) is 3.52. The number of rotatable bonds is 2. The summed E-state index contributed by atoms with van der Waals surface area (Å²) < 4.78 is 0.995. The van der Waals surface area contributed by atoms with Gasteiger partial charge in [0.25, 0.3) is 0 Å². The summed E-state index contributed by atoms with van der Waals surface area (Å²) in [4.78, 5) is 9.84. The zero-order valence-corrected chi connectivity index (χ0v) is 7.82. The van der Waals surface area contributed by atoms with Crippen molar-refractivity contribution in [3.8, 4) is 0 Å². The Morgan fingerprint density at radius 3 is 2.54 bits per heavy atom.